The molecular formula is C30H29NO2. The number of aromatic nitrogens is 1. The lowest BCUT2D eigenvalue weighted by Crippen LogP contribution is -2.17. The van der Waals surface area contributed by atoms with E-state index in [0.29, 0.717) is 5.39 Å². The van der Waals surface area contributed by atoms with E-state index in [1.807, 2.05) is 42.6 Å². The number of pyridine rings is 1. The molecule has 0 aliphatic rings. The van der Waals surface area contributed by atoms with Crippen molar-refractivity contribution in [2.24, 2.45) is 7.05 Å². The van der Waals surface area contributed by atoms with Gasteiger partial charge in [0.1, 0.15) is 0 Å². The summed E-state index contributed by atoms with van der Waals surface area (Å²) in [6.45, 7) is 10.1. The van der Waals surface area contributed by atoms with Crippen LogP contribution in [0.25, 0.3) is 21.9 Å². The Morgan fingerprint density at radius 2 is 1.58 bits per heavy atom. The minimum Gasteiger partial charge on any atom is -0.317 e. The zero-order chi connectivity index (χ0) is 23.7. The van der Waals surface area contributed by atoms with E-state index < -0.39 is 0 Å². The number of hydrogen-bond acceptors (Lipinski definition) is 2. The van der Waals surface area contributed by atoms with Crippen molar-refractivity contribution < 1.29 is 4.79 Å². The summed E-state index contributed by atoms with van der Waals surface area (Å²) < 4.78 is 1.63. The normalized spacial score (nSPS) is 11.0. The summed E-state index contributed by atoms with van der Waals surface area (Å²) in [5, 5.41) is 1.58. The lowest BCUT2D eigenvalue weighted by molar-refractivity contribution is -0.114. The molecule has 0 radical (unpaired) electrons. The summed E-state index contributed by atoms with van der Waals surface area (Å²) in [5.41, 5.74) is 9.13. The molecule has 0 aliphatic heterocycles. The van der Waals surface area contributed by atoms with E-state index in [1.165, 1.54) is 28.3 Å². The van der Waals surface area contributed by atoms with E-state index >= 15 is 0 Å². The van der Waals surface area contributed by atoms with Crippen molar-refractivity contribution >= 4 is 16.6 Å². The second-order valence-electron chi connectivity index (χ2n) is 8.86. The SMILES string of the molecule is C=CC(=O)Cc1cccc(Cc2c(C)cc(C)cc2C)c1-c1cn(C)c(=O)c2ccccc12. The van der Waals surface area contributed by atoms with Crippen LogP contribution in [0.15, 0.2) is 78.2 Å². The third kappa shape index (κ3) is 4.31. The predicted molar refractivity (Wildman–Crippen MR) is 137 cm³/mol. The number of hydrogen-bond donors (Lipinski definition) is 0. The third-order valence-electron chi connectivity index (χ3n) is 6.40. The van der Waals surface area contributed by atoms with Gasteiger partial charge >= 0.3 is 0 Å². The number of carbonyl (C=O) groups excluding carboxylic acids is 1. The highest BCUT2D eigenvalue weighted by Gasteiger charge is 2.18. The maximum absolute atomic E-state index is 12.8. The summed E-state index contributed by atoms with van der Waals surface area (Å²) in [5.74, 6) is -0.0229. The molecule has 0 aliphatic carbocycles. The number of rotatable bonds is 6. The monoisotopic (exact) mass is 435 g/mol. The molecule has 4 rings (SSSR count). The van der Waals surface area contributed by atoms with Crippen LogP contribution >= 0.6 is 0 Å². The average Bonchev–Trinajstić information content (AvgIpc) is 2.79. The Labute approximate surface area is 195 Å². The maximum atomic E-state index is 12.8. The van der Waals surface area contributed by atoms with Gasteiger partial charge in [-0.15, -0.1) is 0 Å². The quantitative estimate of drug-likeness (QED) is 0.348. The first-order valence-electron chi connectivity index (χ1n) is 11.2. The van der Waals surface area contributed by atoms with Gasteiger partial charge in [0.15, 0.2) is 5.78 Å². The van der Waals surface area contributed by atoms with Crippen LogP contribution < -0.4 is 5.56 Å². The molecule has 33 heavy (non-hydrogen) atoms. The number of ketones is 1. The largest absolute Gasteiger partial charge is 0.317 e. The molecule has 0 saturated heterocycles. The minimum absolute atomic E-state index is 0.0229. The van der Waals surface area contributed by atoms with Crippen LogP contribution in [0, 0.1) is 20.8 Å². The van der Waals surface area contributed by atoms with Crippen molar-refractivity contribution in [3.05, 3.63) is 117 Å². The molecular weight excluding hydrogens is 406 g/mol. The lowest BCUT2D eigenvalue weighted by Gasteiger charge is -2.19. The molecule has 3 aromatic carbocycles. The van der Waals surface area contributed by atoms with E-state index in [9.17, 15) is 9.59 Å². The van der Waals surface area contributed by atoms with Crippen LogP contribution in [0.4, 0.5) is 0 Å². The van der Waals surface area contributed by atoms with Crippen molar-refractivity contribution in [2.75, 3.05) is 0 Å². The van der Waals surface area contributed by atoms with Crippen LogP contribution in [0.1, 0.15) is 33.4 Å². The molecule has 1 heterocycles. The van der Waals surface area contributed by atoms with Crippen LogP contribution in [0.3, 0.4) is 0 Å². The van der Waals surface area contributed by atoms with Gasteiger partial charge in [0, 0.05) is 30.6 Å². The molecule has 0 saturated carbocycles. The Balaban J connectivity index is 2.02. The Hall–Kier alpha value is -3.72. The molecule has 1 aromatic heterocycles. The van der Waals surface area contributed by atoms with Gasteiger partial charge in [-0.1, -0.05) is 60.7 Å². The van der Waals surface area contributed by atoms with Gasteiger partial charge in [0.25, 0.3) is 5.56 Å². The van der Waals surface area contributed by atoms with Gasteiger partial charge in [-0.05, 0) is 78.1 Å². The van der Waals surface area contributed by atoms with Crippen molar-refractivity contribution in [3.8, 4) is 11.1 Å². The van der Waals surface area contributed by atoms with Crippen molar-refractivity contribution in [1.82, 2.24) is 4.57 Å². The predicted octanol–water partition coefficient (Wildman–Crippen LogP) is 6.02. The molecule has 0 fully saturated rings. The minimum atomic E-state index is -0.0271. The summed E-state index contributed by atoms with van der Waals surface area (Å²) in [6, 6.07) is 18.3. The fourth-order valence-corrected chi connectivity index (χ4v) is 4.85. The van der Waals surface area contributed by atoms with Crippen LogP contribution in [0.2, 0.25) is 0 Å². The van der Waals surface area contributed by atoms with E-state index in [-0.39, 0.29) is 17.8 Å². The summed E-state index contributed by atoms with van der Waals surface area (Å²) in [4.78, 5) is 25.2. The molecule has 0 bridgehead atoms. The molecule has 0 spiro atoms. The number of nitrogens with zero attached hydrogens (tertiary/aromatic N) is 1. The smallest absolute Gasteiger partial charge is 0.258 e. The zero-order valence-electron chi connectivity index (χ0n) is 19.7. The first-order chi connectivity index (χ1) is 15.8. The fraction of sp³-hybridized carbons (Fsp3) is 0.200. The van der Waals surface area contributed by atoms with Crippen LogP contribution in [-0.4, -0.2) is 10.4 Å². The first-order valence-corrected chi connectivity index (χ1v) is 11.2. The Bertz CT molecular complexity index is 1430. The molecule has 0 unspecified atom stereocenters. The van der Waals surface area contributed by atoms with E-state index in [2.05, 4.69) is 45.5 Å². The van der Waals surface area contributed by atoms with E-state index in [1.54, 1.807) is 11.6 Å². The molecule has 4 aromatic rings. The number of carbonyl (C=O) groups is 1. The van der Waals surface area contributed by atoms with Gasteiger partial charge in [-0.3, -0.25) is 9.59 Å². The highest BCUT2D eigenvalue weighted by atomic mass is 16.1. The molecule has 0 amide bonds. The van der Waals surface area contributed by atoms with E-state index in [4.69, 9.17) is 0 Å². The Morgan fingerprint density at radius 1 is 0.939 bits per heavy atom. The fourth-order valence-electron chi connectivity index (χ4n) is 4.85. The first kappa shape index (κ1) is 22.5. The lowest BCUT2D eigenvalue weighted by atomic mass is 9.86. The zero-order valence-corrected chi connectivity index (χ0v) is 19.7. The number of aryl methyl sites for hydroxylation is 4. The van der Waals surface area contributed by atoms with Gasteiger partial charge < -0.3 is 4.57 Å². The summed E-state index contributed by atoms with van der Waals surface area (Å²) in [7, 11) is 1.78. The van der Waals surface area contributed by atoms with Crippen molar-refractivity contribution in [3.63, 3.8) is 0 Å². The van der Waals surface area contributed by atoms with Crippen LogP contribution in [-0.2, 0) is 24.7 Å². The highest BCUT2D eigenvalue weighted by Crippen LogP contribution is 2.35. The van der Waals surface area contributed by atoms with Crippen LogP contribution in [0.5, 0.6) is 0 Å². The molecule has 166 valence electrons. The highest BCUT2D eigenvalue weighted by molar-refractivity contribution is 5.99. The van der Waals surface area contributed by atoms with Crippen molar-refractivity contribution in [1.29, 1.82) is 0 Å². The second-order valence-corrected chi connectivity index (χ2v) is 8.86. The molecule has 0 N–H and O–H groups in total. The Morgan fingerprint density at radius 3 is 2.24 bits per heavy atom. The van der Waals surface area contributed by atoms with Crippen molar-refractivity contribution in [2.45, 2.75) is 33.6 Å². The number of benzene rings is 3. The number of allylic oxidation sites excluding steroid dienone is 1. The Kier molecular flexibility index (Phi) is 6.15. The van der Waals surface area contributed by atoms with Gasteiger partial charge in [-0.2, -0.15) is 0 Å². The summed E-state index contributed by atoms with van der Waals surface area (Å²) in [6.07, 6.45) is 4.31. The van der Waals surface area contributed by atoms with E-state index in [0.717, 1.165) is 34.1 Å². The number of fused-ring (bicyclic) bond motifs is 1. The standard InChI is InChI=1S/C30H29NO2/c1-6-24(32)16-22-10-9-11-23(17-27-20(3)14-19(2)15-21(27)4)29(22)28-18-31(5)30(33)26-13-8-7-12-25(26)28/h6-15,18H,1,16-17H2,2-5H3. The average molecular weight is 436 g/mol. The molecule has 3 nitrogen and oxygen atoms in total. The third-order valence-corrected chi connectivity index (χ3v) is 6.40. The molecule has 3 heteroatoms. The van der Waals surface area contributed by atoms with Gasteiger partial charge in [0.05, 0.1) is 0 Å². The van der Waals surface area contributed by atoms with Gasteiger partial charge in [0.2, 0.25) is 0 Å². The van der Waals surface area contributed by atoms with Gasteiger partial charge in [-0.25, -0.2) is 0 Å². The second kappa shape index (κ2) is 9.03. The molecule has 0 atom stereocenters. The topological polar surface area (TPSA) is 39.1 Å². The summed E-state index contributed by atoms with van der Waals surface area (Å²) >= 11 is 0. The maximum Gasteiger partial charge on any atom is 0.258 e.